The number of aromatic hydroxyl groups is 1. The SMILES string of the molecule is CCC1=C2[C@@H](CC/C(=C/c3cc(Br)ccc3O)c3ccccc3)OC[C@@H]2[C@@H]2C(=O)N(C3CCCCC3)C(=O)[C@@H]2C1. The Morgan fingerprint density at radius 1 is 1.05 bits per heavy atom. The summed E-state index contributed by atoms with van der Waals surface area (Å²) in [5.74, 6) is -0.124. The molecule has 5 nitrogen and oxygen atoms in total. The van der Waals surface area contributed by atoms with Crippen LogP contribution in [0.25, 0.3) is 11.6 Å². The van der Waals surface area contributed by atoms with Gasteiger partial charge in [0.2, 0.25) is 11.8 Å². The van der Waals surface area contributed by atoms with E-state index in [1.165, 1.54) is 17.6 Å². The van der Waals surface area contributed by atoms with Gasteiger partial charge < -0.3 is 9.84 Å². The Morgan fingerprint density at radius 3 is 2.58 bits per heavy atom. The molecule has 2 saturated heterocycles. The van der Waals surface area contributed by atoms with Gasteiger partial charge in [0.05, 0.1) is 24.5 Å². The Hall–Kier alpha value is -2.70. The first-order valence-corrected chi connectivity index (χ1v) is 15.7. The summed E-state index contributed by atoms with van der Waals surface area (Å²) in [5, 5.41) is 10.5. The van der Waals surface area contributed by atoms with Gasteiger partial charge in [0.25, 0.3) is 0 Å². The number of phenolic OH excluding ortho intramolecular Hbond substituents is 1. The highest BCUT2D eigenvalue weighted by Crippen LogP contribution is 2.51. The zero-order valence-corrected chi connectivity index (χ0v) is 24.7. The molecule has 0 aromatic heterocycles. The van der Waals surface area contributed by atoms with E-state index in [2.05, 4.69) is 41.1 Å². The molecular formula is C34H38BrNO4. The number of hydrogen-bond acceptors (Lipinski definition) is 4. The number of likely N-dealkylation sites (tertiary alicyclic amines) is 1. The number of carbonyl (C=O) groups is 2. The van der Waals surface area contributed by atoms with Crippen LogP contribution in [0.1, 0.15) is 75.8 Å². The maximum Gasteiger partial charge on any atom is 0.234 e. The van der Waals surface area contributed by atoms with Crippen molar-refractivity contribution in [3.63, 3.8) is 0 Å². The highest BCUT2D eigenvalue weighted by molar-refractivity contribution is 9.10. The third-order valence-electron chi connectivity index (χ3n) is 9.55. The molecule has 40 heavy (non-hydrogen) atoms. The van der Waals surface area contributed by atoms with E-state index < -0.39 is 0 Å². The number of allylic oxidation sites excluding steroid dienone is 2. The number of amides is 2. The monoisotopic (exact) mass is 603 g/mol. The Kier molecular flexibility index (Phi) is 8.00. The number of benzene rings is 2. The van der Waals surface area contributed by atoms with E-state index in [-0.39, 0.29) is 47.5 Å². The lowest BCUT2D eigenvalue weighted by molar-refractivity contribution is -0.143. The van der Waals surface area contributed by atoms with Crippen LogP contribution in [0.15, 0.2) is 64.1 Å². The standard InChI is InChI=1S/C34H38BrNO4/c1-2-21-19-27-32(34(39)36(33(27)38)26-11-7-4-8-12-26)28-20-40-30(31(21)28)16-13-23(22-9-5-3-6-10-22)17-24-18-25(35)14-15-29(24)37/h3,5-6,9-10,14-15,17-18,26-28,30,32,37H,2,4,7-8,11-13,16,19-20H2,1H3/b23-17-/t27-,28+,30-,32-/m1/s1. The molecule has 4 aliphatic rings. The fourth-order valence-corrected chi connectivity index (χ4v) is 7.98. The molecule has 2 aliphatic carbocycles. The first-order valence-electron chi connectivity index (χ1n) is 14.9. The molecule has 2 aromatic rings. The van der Waals surface area contributed by atoms with Crippen LogP contribution in [-0.4, -0.2) is 40.6 Å². The molecule has 0 bridgehead atoms. The molecule has 1 saturated carbocycles. The Labute approximate surface area is 245 Å². The minimum absolute atomic E-state index is 0.00187. The molecule has 0 unspecified atom stereocenters. The topological polar surface area (TPSA) is 66.8 Å². The smallest absolute Gasteiger partial charge is 0.234 e. The van der Waals surface area contributed by atoms with E-state index in [0.29, 0.717) is 13.0 Å². The molecule has 0 radical (unpaired) electrons. The van der Waals surface area contributed by atoms with Crippen molar-refractivity contribution in [3.8, 4) is 5.75 Å². The third kappa shape index (κ3) is 5.09. The number of phenols is 1. The molecule has 6 heteroatoms. The van der Waals surface area contributed by atoms with E-state index in [0.717, 1.165) is 66.1 Å². The Balaban J connectivity index is 1.26. The zero-order chi connectivity index (χ0) is 27.8. The van der Waals surface area contributed by atoms with Crippen molar-refractivity contribution in [1.29, 1.82) is 0 Å². The van der Waals surface area contributed by atoms with Gasteiger partial charge in [-0.2, -0.15) is 0 Å². The fourth-order valence-electron chi connectivity index (χ4n) is 7.60. The number of carbonyl (C=O) groups excluding carboxylic acids is 2. The van der Waals surface area contributed by atoms with E-state index in [1.54, 1.807) is 11.0 Å². The average Bonchev–Trinajstić information content (AvgIpc) is 3.51. The average molecular weight is 605 g/mol. The van der Waals surface area contributed by atoms with E-state index in [9.17, 15) is 14.7 Å². The Bertz CT molecular complexity index is 1340. The van der Waals surface area contributed by atoms with Crippen LogP contribution in [-0.2, 0) is 14.3 Å². The van der Waals surface area contributed by atoms with E-state index >= 15 is 0 Å². The second kappa shape index (κ2) is 11.7. The summed E-state index contributed by atoms with van der Waals surface area (Å²) in [7, 11) is 0. The highest BCUT2D eigenvalue weighted by atomic mass is 79.9. The Morgan fingerprint density at radius 2 is 1.82 bits per heavy atom. The van der Waals surface area contributed by atoms with Crippen molar-refractivity contribution in [2.75, 3.05) is 6.61 Å². The largest absolute Gasteiger partial charge is 0.507 e. The summed E-state index contributed by atoms with van der Waals surface area (Å²) in [6.07, 6.45) is 10.4. The van der Waals surface area contributed by atoms with Gasteiger partial charge in [0, 0.05) is 22.0 Å². The van der Waals surface area contributed by atoms with Crippen molar-refractivity contribution >= 4 is 39.4 Å². The normalized spacial score (nSPS) is 27.4. The maximum atomic E-state index is 13.8. The minimum atomic E-state index is -0.271. The summed E-state index contributed by atoms with van der Waals surface area (Å²) in [5.41, 5.74) is 5.61. The highest BCUT2D eigenvalue weighted by Gasteiger charge is 2.57. The van der Waals surface area contributed by atoms with E-state index in [4.69, 9.17) is 4.74 Å². The van der Waals surface area contributed by atoms with Crippen molar-refractivity contribution in [3.05, 3.63) is 75.3 Å². The van der Waals surface area contributed by atoms with Crippen molar-refractivity contribution in [1.82, 2.24) is 4.90 Å². The lowest BCUT2D eigenvalue weighted by Gasteiger charge is -2.31. The quantitative estimate of drug-likeness (QED) is 0.202. The predicted octanol–water partition coefficient (Wildman–Crippen LogP) is 7.53. The van der Waals surface area contributed by atoms with Crippen LogP contribution in [0.3, 0.4) is 0 Å². The molecule has 2 amide bonds. The van der Waals surface area contributed by atoms with Crippen LogP contribution in [0, 0.1) is 17.8 Å². The van der Waals surface area contributed by atoms with Crippen LogP contribution in [0.2, 0.25) is 0 Å². The van der Waals surface area contributed by atoms with Gasteiger partial charge in [0.1, 0.15) is 5.75 Å². The molecule has 3 fully saturated rings. The third-order valence-corrected chi connectivity index (χ3v) is 10.0. The van der Waals surface area contributed by atoms with Gasteiger partial charge in [-0.3, -0.25) is 14.5 Å². The van der Waals surface area contributed by atoms with Crippen LogP contribution >= 0.6 is 15.9 Å². The first-order chi connectivity index (χ1) is 19.5. The second-order valence-corrected chi connectivity index (χ2v) is 12.7. The fraction of sp³-hybridized carbons (Fsp3) is 0.471. The molecule has 4 atom stereocenters. The van der Waals surface area contributed by atoms with Gasteiger partial charge in [-0.05, 0) is 79.5 Å². The predicted molar refractivity (Wildman–Crippen MR) is 160 cm³/mol. The summed E-state index contributed by atoms with van der Waals surface area (Å²) in [4.78, 5) is 29.1. The molecule has 0 spiro atoms. The number of nitrogens with zero attached hydrogens (tertiary/aromatic N) is 1. The minimum Gasteiger partial charge on any atom is -0.507 e. The number of imide groups is 1. The number of ether oxygens (including phenoxy) is 1. The molecule has 1 N–H and O–H groups in total. The second-order valence-electron chi connectivity index (χ2n) is 11.8. The number of hydrogen-bond donors (Lipinski definition) is 1. The summed E-state index contributed by atoms with van der Waals surface area (Å²) >= 11 is 3.53. The van der Waals surface area contributed by atoms with E-state index in [1.807, 2.05) is 30.3 Å². The summed E-state index contributed by atoms with van der Waals surface area (Å²) in [6, 6.07) is 15.8. The number of rotatable bonds is 7. The lowest BCUT2D eigenvalue weighted by Crippen LogP contribution is -2.42. The van der Waals surface area contributed by atoms with Gasteiger partial charge in [-0.1, -0.05) is 78.0 Å². The maximum absolute atomic E-state index is 13.8. The molecule has 6 rings (SSSR count). The van der Waals surface area contributed by atoms with Gasteiger partial charge in [-0.15, -0.1) is 0 Å². The van der Waals surface area contributed by atoms with Crippen LogP contribution in [0.4, 0.5) is 0 Å². The van der Waals surface area contributed by atoms with Crippen molar-refractivity contribution in [2.24, 2.45) is 17.8 Å². The molecule has 2 heterocycles. The summed E-state index contributed by atoms with van der Waals surface area (Å²) < 4.78 is 7.38. The lowest BCUT2D eigenvalue weighted by atomic mass is 9.69. The first kappa shape index (κ1) is 27.5. The number of fused-ring (bicyclic) bond motifs is 3. The van der Waals surface area contributed by atoms with Crippen molar-refractivity contribution in [2.45, 2.75) is 76.9 Å². The molecule has 2 aromatic carbocycles. The van der Waals surface area contributed by atoms with Gasteiger partial charge in [0.15, 0.2) is 0 Å². The zero-order valence-electron chi connectivity index (χ0n) is 23.2. The van der Waals surface area contributed by atoms with Crippen LogP contribution < -0.4 is 0 Å². The summed E-state index contributed by atoms with van der Waals surface area (Å²) in [6.45, 7) is 2.68. The molecular weight excluding hydrogens is 566 g/mol. The molecule has 210 valence electrons. The number of halogens is 1. The molecule has 2 aliphatic heterocycles. The van der Waals surface area contributed by atoms with Gasteiger partial charge >= 0.3 is 0 Å². The van der Waals surface area contributed by atoms with Crippen molar-refractivity contribution < 1.29 is 19.4 Å². The van der Waals surface area contributed by atoms with Crippen LogP contribution in [0.5, 0.6) is 5.75 Å². The van der Waals surface area contributed by atoms with Gasteiger partial charge in [-0.25, -0.2) is 0 Å².